The maximum atomic E-state index is 12.9. The van der Waals surface area contributed by atoms with Crippen LogP contribution in [0.1, 0.15) is 335 Å². The largest absolute Gasteiger partial charge is 0.462 e. The third-order valence-electron chi connectivity index (χ3n) is 14.6. The van der Waals surface area contributed by atoms with E-state index in [4.69, 9.17) is 14.2 Å². The second kappa shape index (κ2) is 66.1. The van der Waals surface area contributed by atoms with Gasteiger partial charge in [0.05, 0.1) is 0 Å². The van der Waals surface area contributed by atoms with E-state index in [0.29, 0.717) is 19.3 Å². The lowest BCUT2D eigenvalue weighted by Crippen LogP contribution is -2.30. The van der Waals surface area contributed by atoms with E-state index in [-0.39, 0.29) is 31.1 Å². The number of unbranched alkanes of at least 4 members (excludes halogenated alkanes) is 36. The van der Waals surface area contributed by atoms with E-state index < -0.39 is 6.10 Å². The molecule has 0 aliphatic carbocycles. The molecule has 78 heavy (non-hydrogen) atoms. The zero-order valence-electron chi connectivity index (χ0n) is 51.7. The van der Waals surface area contributed by atoms with Gasteiger partial charge in [-0.05, 0) is 96.3 Å². The van der Waals surface area contributed by atoms with Crippen molar-refractivity contribution in [1.82, 2.24) is 0 Å². The van der Waals surface area contributed by atoms with Gasteiger partial charge in [-0.25, -0.2) is 0 Å². The molecule has 0 aliphatic rings. The summed E-state index contributed by atoms with van der Waals surface area (Å²) in [5.41, 5.74) is 0. The van der Waals surface area contributed by atoms with Crippen molar-refractivity contribution in [3.8, 4) is 0 Å². The monoisotopic (exact) mass is 1090 g/mol. The van der Waals surface area contributed by atoms with Crippen molar-refractivity contribution in [3.63, 3.8) is 0 Å². The first kappa shape index (κ1) is 74.6. The highest BCUT2D eigenvalue weighted by molar-refractivity contribution is 5.71. The fourth-order valence-electron chi connectivity index (χ4n) is 9.62. The molecule has 0 saturated carbocycles. The van der Waals surface area contributed by atoms with Crippen LogP contribution in [0.4, 0.5) is 0 Å². The zero-order valence-corrected chi connectivity index (χ0v) is 51.7. The molecular weight excluding hydrogens is 961 g/mol. The van der Waals surface area contributed by atoms with Gasteiger partial charge in [0, 0.05) is 19.3 Å². The van der Waals surface area contributed by atoms with Crippen molar-refractivity contribution >= 4 is 17.9 Å². The number of carbonyl (C=O) groups is 3. The molecule has 0 aromatic heterocycles. The Balaban J connectivity index is 4.02. The molecule has 6 heteroatoms. The van der Waals surface area contributed by atoms with Crippen LogP contribution in [0.3, 0.4) is 0 Å². The summed E-state index contributed by atoms with van der Waals surface area (Å²) < 4.78 is 16.9. The minimum Gasteiger partial charge on any atom is -0.462 e. The van der Waals surface area contributed by atoms with Crippen LogP contribution in [0, 0.1) is 0 Å². The second-order valence-corrected chi connectivity index (χ2v) is 22.4. The SMILES string of the molecule is CC/C=C\C/C=C\C/C=C\C/C=C\C/C=C\CCCCCCCCCCCCCCCCCCCCCC(=O)OCC(COC(=O)CCCCCCCCCC)OC(=O)CCCCCCCCC/C=C\C/C=C\CCCCC. The van der Waals surface area contributed by atoms with E-state index in [1.165, 1.54) is 193 Å². The lowest BCUT2D eigenvalue weighted by atomic mass is 10.0. The molecule has 0 N–H and O–H groups in total. The standard InChI is InChI=1S/C72H126O6/c1-4-7-10-13-16-19-21-23-25-27-28-29-30-31-32-33-34-35-36-37-38-39-40-41-42-43-44-46-47-49-51-53-56-59-62-65-71(74)77-68-69(67-76-70(73)64-61-58-55-18-15-12-9-6-3)78-72(75)66-63-60-57-54-52-50-48-45-26-24-22-20-17-14-11-8-5-2/h7,10,16-17,19-20,23-26,28-29,31-32,69H,4-6,8-9,11-15,18,21-22,27,30,33-68H2,1-3H3/b10-7-,19-16-,20-17-,25-23-,26-24-,29-28-,32-31-. The van der Waals surface area contributed by atoms with Crippen LogP contribution in [0.5, 0.6) is 0 Å². The van der Waals surface area contributed by atoms with Gasteiger partial charge in [-0.2, -0.15) is 0 Å². The van der Waals surface area contributed by atoms with Gasteiger partial charge in [0.25, 0.3) is 0 Å². The number of hydrogen-bond donors (Lipinski definition) is 0. The molecule has 0 heterocycles. The minimum absolute atomic E-state index is 0.0745. The van der Waals surface area contributed by atoms with Crippen molar-refractivity contribution in [2.45, 2.75) is 341 Å². The Kier molecular flexibility index (Phi) is 63.2. The molecule has 0 radical (unpaired) electrons. The maximum absolute atomic E-state index is 12.9. The topological polar surface area (TPSA) is 78.9 Å². The van der Waals surface area contributed by atoms with E-state index in [0.717, 1.165) is 103 Å². The lowest BCUT2D eigenvalue weighted by Gasteiger charge is -2.18. The molecule has 450 valence electrons. The van der Waals surface area contributed by atoms with Gasteiger partial charge in [-0.15, -0.1) is 0 Å². The fourth-order valence-corrected chi connectivity index (χ4v) is 9.62. The average molecular weight is 1090 g/mol. The maximum Gasteiger partial charge on any atom is 0.306 e. The average Bonchev–Trinajstić information content (AvgIpc) is 3.44. The lowest BCUT2D eigenvalue weighted by molar-refractivity contribution is -0.167. The summed E-state index contributed by atoms with van der Waals surface area (Å²) in [6, 6.07) is 0. The van der Waals surface area contributed by atoms with Crippen LogP contribution in [0.2, 0.25) is 0 Å². The van der Waals surface area contributed by atoms with Crippen molar-refractivity contribution in [3.05, 3.63) is 85.1 Å². The molecule has 0 amide bonds. The number of rotatable bonds is 61. The van der Waals surface area contributed by atoms with Gasteiger partial charge in [0.15, 0.2) is 6.10 Å². The van der Waals surface area contributed by atoms with Crippen LogP contribution in [0.25, 0.3) is 0 Å². The van der Waals surface area contributed by atoms with Gasteiger partial charge in [0.2, 0.25) is 0 Å². The molecule has 1 unspecified atom stereocenters. The molecule has 0 rings (SSSR count). The van der Waals surface area contributed by atoms with E-state index in [1.807, 2.05) is 0 Å². The molecule has 1 atom stereocenters. The number of ether oxygens (including phenoxy) is 3. The van der Waals surface area contributed by atoms with Gasteiger partial charge in [-0.1, -0.05) is 305 Å². The first-order chi connectivity index (χ1) is 38.5. The Morgan fingerprint density at radius 3 is 0.808 bits per heavy atom. The van der Waals surface area contributed by atoms with Crippen molar-refractivity contribution < 1.29 is 28.6 Å². The molecule has 0 aromatic carbocycles. The highest BCUT2D eigenvalue weighted by atomic mass is 16.6. The van der Waals surface area contributed by atoms with E-state index >= 15 is 0 Å². The quantitative estimate of drug-likeness (QED) is 0.0261. The third kappa shape index (κ3) is 63.4. The normalized spacial score (nSPS) is 12.6. The second-order valence-electron chi connectivity index (χ2n) is 22.4. The number of carbonyl (C=O) groups excluding carboxylic acids is 3. The highest BCUT2D eigenvalue weighted by Gasteiger charge is 2.19. The van der Waals surface area contributed by atoms with Crippen LogP contribution in [-0.2, 0) is 28.6 Å². The van der Waals surface area contributed by atoms with Crippen LogP contribution >= 0.6 is 0 Å². The summed E-state index contributed by atoms with van der Waals surface area (Å²) in [5, 5.41) is 0. The molecule has 0 spiro atoms. The summed E-state index contributed by atoms with van der Waals surface area (Å²) in [5.74, 6) is -0.872. The first-order valence-corrected chi connectivity index (χ1v) is 33.6. The molecule has 0 aromatic rings. The van der Waals surface area contributed by atoms with Crippen molar-refractivity contribution in [2.75, 3.05) is 13.2 Å². The minimum atomic E-state index is -0.776. The van der Waals surface area contributed by atoms with Gasteiger partial charge in [0.1, 0.15) is 13.2 Å². The Morgan fingerprint density at radius 1 is 0.269 bits per heavy atom. The van der Waals surface area contributed by atoms with Crippen LogP contribution in [0.15, 0.2) is 85.1 Å². The zero-order chi connectivity index (χ0) is 56.4. The Hall–Kier alpha value is -3.41. The summed E-state index contributed by atoms with van der Waals surface area (Å²) in [4.78, 5) is 38.1. The predicted octanol–water partition coefficient (Wildman–Crippen LogP) is 23.1. The number of hydrogen-bond acceptors (Lipinski definition) is 6. The number of allylic oxidation sites excluding steroid dienone is 14. The Morgan fingerprint density at radius 2 is 0.500 bits per heavy atom. The molecule has 0 saturated heterocycles. The molecule has 0 bridgehead atoms. The van der Waals surface area contributed by atoms with E-state index in [1.54, 1.807) is 0 Å². The van der Waals surface area contributed by atoms with Crippen LogP contribution < -0.4 is 0 Å². The Labute approximate surface area is 484 Å². The molecule has 0 fully saturated rings. The fraction of sp³-hybridized carbons (Fsp3) is 0.764. The summed E-state index contributed by atoms with van der Waals surface area (Å²) in [7, 11) is 0. The van der Waals surface area contributed by atoms with Gasteiger partial charge >= 0.3 is 17.9 Å². The van der Waals surface area contributed by atoms with E-state index in [9.17, 15) is 14.4 Å². The van der Waals surface area contributed by atoms with Crippen molar-refractivity contribution in [2.24, 2.45) is 0 Å². The third-order valence-corrected chi connectivity index (χ3v) is 14.6. The Bertz CT molecular complexity index is 1480. The molecular formula is C72H126O6. The predicted molar refractivity (Wildman–Crippen MR) is 339 cm³/mol. The number of esters is 3. The van der Waals surface area contributed by atoms with Gasteiger partial charge < -0.3 is 14.2 Å². The molecule has 0 aliphatic heterocycles. The van der Waals surface area contributed by atoms with Crippen LogP contribution in [-0.4, -0.2) is 37.2 Å². The van der Waals surface area contributed by atoms with Gasteiger partial charge in [-0.3, -0.25) is 14.4 Å². The summed E-state index contributed by atoms with van der Waals surface area (Å²) in [6.07, 6.45) is 87.7. The summed E-state index contributed by atoms with van der Waals surface area (Å²) >= 11 is 0. The molecule has 6 nitrogen and oxygen atoms in total. The summed E-state index contributed by atoms with van der Waals surface area (Å²) in [6.45, 7) is 6.50. The highest BCUT2D eigenvalue weighted by Crippen LogP contribution is 2.17. The van der Waals surface area contributed by atoms with E-state index in [2.05, 4.69) is 106 Å². The first-order valence-electron chi connectivity index (χ1n) is 33.6. The van der Waals surface area contributed by atoms with Crippen molar-refractivity contribution in [1.29, 1.82) is 0 Å². The smallest absolute Gasteiger partial charge is 0.306 e.